The summed E-state index contributed by atoms with van der Waals surface area (Å²) in [5, 5.41) is 6.44. The normalized spacial score (nSPS) is 10.5. The van der Waals surface area contributed by atoms with Crippen molar-refractivity contribution in [3.8, 4) is 22.5 Å². The first-order valence-corrected chi connectivity index (χ1v) is 6.39. The maximum Gasteiger partial charge on any atom is 0.264 e. The Labute approximate surface area is 120 Å². The van der Waals surface area contributed by atoms with E-state index in [0.29, 0.717) is 17.0 Å². The molecule has 0 spiro atoms. The number of rotatable bonds is 2. The first-order chi connectivity index (χ1) is 10.1. The van der Waals surface area contributed by atoms with Gasteiger partial charge in [-0.3, -0.25) is 4.79 Å². The van der Waals surface area contributed by atoms with E-state index in [9.17, 15) is 4.79 Å². The molecule has 2 heterocycles. The van der Waals surface area contributed by atoms with Crippen LogP contribution >= 0.6 is 0 Å². The fourth-order valence-electron chi connectivity index (χ4n) is 2.09. The third-order valence-corrected chi connectivity index (χ3v) is 3.05. The fourth-order valence-corrected chi connectivity index (χ4v) is 2.09. The number of benzene rings is 1. The zero-order chi connectivity index (χ0) is 14.8. The highest BCUT2D eigenvalue weighted by atomic mass is 16.1. The molecule has 0 aliphatic heterocycles. The monoisotopic (exact) mass is 279 g/mol. The number of hydrogen-bond donors (Lipinski definition) is 2. The number of nitrogens with two attached hydrogens (primary N) is 1. The number of aromatic amines is 1. The Morgan fingerprint density at radius 2 is 2.05 bits per heavy atom. The van der Waals surface area contributed by atoms with E-state index in [1.807, 2.05) is 31.2 Å². The first-order valence-electron chi connectivity index (χ1n) is 6.39. The Hall–Kier alpha value is -3.02. The lowest BCUT2D eigenvalue weighted by Gasteiger charge is -2.09. The third kappa shape index (κ3) is 2.64. The van der Waals surface area contributed by atoms with Crippen LogP contribution in [0.1, 0.15) is 5.56 Å². The number of nitrogen functional groups attached to an aromatic ring is 1. The van der Waals surface area contributed by atoms with E-state index < -0.39 is 0 Å². The van der Waals surface area contributed by atoms with Gasteiger partial charge in [0.2, 0.25) is 5.95 Å². The van der Waals surface area contributed by atoms with Crippen LogP contribution in [0.4, 0.5) is 5.95 Å². The number of hydrogen-bond acceptors (Lipinski definition) is 5. The van der Waals surface area contributed by atoms with E-state index in [1.165, 1.54) is 6.07 Å². The van der Waals surface area contributed by atoms with Gasteiger partial charge in [0.25, 0.3) is 5.56 Å². The maximum atomic E-state index is 11.1. The molecule has 104 valence electrons. The molecule has 0 saturated carbocycles. The van der Waals surface area contributed by atoms with E-state index in [0.717, 1.165) is 11.1 Å². The van der Waals surface area contributed by atoms with Gasteiger partial charge in [-0.05, 0) is 19.1 Å². The van der Waals surface area contributed by atoms with Gasteiger partial charge in [-0.25, -0.2) is 15.1 Å². The average molecular weight is 279 g/mol. The van der Waals surface area contributed by atoms with Crippen molar-refractivity contribution in [2.24, 2.45) is 0 Å². The molecule has 1 aromatic carbocycles. The Morgan fingerprint density at radius 1 is 1.19 bits per heavy atom. The largest absolute Gasteiger partial charge is 0.368 e. The minimum absolute atomic E-state index is 0.194. The second-order valence-corrected chi connectivity index (χ2v) is 4.67. The molecule has 0 atom stereocenters. The summed E-state index contributed by atoms with van der Waals surface area (Å²) in [6, 6.07) is 11.0. The van der Waals surface area contributed by atoms with Crippen LogP contribution in [-0.2, 0) is 0 Å². The third-order valence-electron chi connectivity index (χ3n) is 3.05. The molecule has 0 saturated heterocycles. The number of aryl methyl sites for hydroxylation is 1. The molecule has 0 fully saturated rings. The van der Waals surface area contributed by atoms with Crippen LogP contribution in [0.5, 0.6) is 0 Å². The van der Waals surface area contributed by atoms with Crippen LogP contribution in [-0.4, -0.2) is 20.2 Å². The molecule has 0 bridgehead atoms. The van der Waals surface area contributed by atoms with Crippen molar-refractivity contribution < 1.29 is 0 Å². The minimum atomic E-state index is -0.257. The van der Waals surface area contributed by atoms with Gasteiger partial charge in [-0.2, -0.15) is 5.10 Å². The Bertz CT molecular complexity index is 836. The van der Waals surface area contributed by atoms with E-state index in [4.69, 9.17) is 5.73 Å². The van der Waals surface area contributed by atoms with Crippen molar-refractivity contribution in [2.45, 2.75) is 6.92 Å². The topological polar surface area (TPSA) is 97.5 Å². The van der Waals surface area contributed by atoms with Crippen LogP contribution in [0.2, 0.25) is 0 Å². The summed E-state index contributed by atoms with van der Waals surface area (Å²) in [7, 11) is 0. The summed E-state index contributed by atoms with van der Waals surface area (Å²) >= 11 is 0. The molecule has 0 unspecified atom stereocenters. The standard InChI is InChI=1S/C15H13N5O/c1-9-3-2-4-10(7-9)14-11(8-17-15(16)18-14)12-5-6-13(21)20-19-12/h2-8H,1H3,(H,20,21)(H2,16,17,18). The van der Waals surface area contributed by atoms with Gasteiger partial charge in [0.1, 0.15) is 0 Å². The van der Waals surface area contributed by atoms with Gasteiger partial charge < -0.3 is 5.73 Å². The average Bonchev–Trinajstić information content (AvgIpc) is 2.48. The van der Waals surface area contributed by atoms with Crippen molar-refractivity contribution >= 4 is 5.95 Å². The number of nitrogens with zero attached hydrogens (tertiary/aromatic N) is 3. The number of H-pyrrole nitrogens is 1. The molecule has 21 heavy (non-hydrogen) atoms. The van der Waals surface area contributed by atoms with Crippen molar-refractivity contribution in [2.75, 3.05) is 5.73 Å². The fraction of sp³-hybridized carbons (Fsp3) is 0.0667. The van der Waals surface area contributed by atoms with E-state index in [-0.39, 0.29) is 11.5 Å². The minimum Gasteiger partial charge on any atom is -0.368 e. The van der Waals surface area contributed by atoms with Crippen molar-refractivity contribution in [3.05, 3.63) is 58.5 Å². The molecule has 6 heteroatoms. The Morgan fingerprint density at radius 3 is 2.76 bits per heavy atom. The van der Waals surface area contributed by atoms with Crippen LogP contribution in [0.15, 0.2) is 47.4 Å². The Kier molecular flexibility index (Phi) is 3.19. The molecule has 0 radical (unpaired) electrons. The summed E-state index contributed by atoms with van der Waals surface area (Å²) < 4.78 is 0. The van der Waals surface area contributed by atoms with Gasteiger partial charge >= 0.3 is 0 Å². The number of anilines is 1. The van der Waals surface area contributed by atoms with Crippen molar-refractivity contribution in [1.82, 2.24) is 20.2 Å². The summed E-state index contributed by atoms with van der Waals surface area (Å²) in [4.78, 5) is 19.5. The molecule has 0 amide bonds. The smallest absolute Gasteiger partial charge is 0.264 e. The molecule has 3 N–H and O–H groups in total. The molecule has 2 aromatic heterocycles. The summed E-state index contributed by atoms with van der Waals surface area (Å²) in [6.45, 7) is 2.01. The summed E-state index contributed by atoms with van der Waals surface area (Å²) in [5.41, 5.74) is 9.48. The number of aromatic nitrogens is 4. The zero-order valence-electron chi connectivity index (χ0n) is 11.4. The maximum absolute atomic E-state index is 11.1. The van der Waals surface area contributed by atoms with Crippen molar-refractivity contribution in [1.29, 1.82) is 0 Å². The van der Waals surface area contributed by atoms with Gasteiger partial charge in [0, 0.05) is 23.4 Å². The van der Waals surface area contributed by atoms with Gasteiger partial charge in [0.05, 0.1) is 11.4 Å². The van der Waals surface area contributed by atoms with Crippen LogP contribution < -0.4 is 11.3 Å². The molecular formula is C15H13N5O. The van der Waals surface area contributed by atoms with E-state index >= 15 is 0 Å². The lowest BCUT2D eigenvalue weighted by Crippen LogP contribution is -2.07. The second-order valence-electron chi connectivity index (χ2n) is 4.67. The SMILES string of the molecule is Cc1cccc(-c2nc(N)ncc2-c2ccc(=O)[nH]n2)c1. The van der Waals surface area contributed by atoms with Gasteiger partial charge in [-0.15, -0.1) is 0 Å². The van der Waals surface area contributed by atoms with Crippen LogP contribution in [0, 0.1) is 6.92 Å². The quantitative estimate of drug-likeness (QED) is 0.745. The van der Waals surface area contributed by atoms with E-state index in [1.54, 1.807) is 12.3 Å². The predicted octanol–water partition coefficient (Wildman–Crippen LogP) is 1.78. The number of nitrogens with one attached hydrogen (secondary N) is 1. The lowest BCUT2D eigenvalue weighted by atomic mass is 10.0. The molecule has 3 aromatic rings. The van der Waals surface area contributed by atoms with Gasteiger partial charge in [0.15, 0.2) is 0 Å². The molecular weight excluding hydrogens is 266 g/mol. The summed E-state index contributed by atoms with van der Waals surface area (Å²) in [5.74, 6) is 0.194. The van der Waals surface area contributed by atoms with Crippen LogP contribution in [0.3, 0.4) is 0 Å². The zero-order valence-corrected chi connectivity index (χ0v) is 11.4. The van der Waals surface area contributed by atoms with Gasteiger partial charge in [-0.1, -0.05) is 23.8 Å². The van der Waals surface area contributed by atoms with Crippen LogP contribution in [0.25, 0.3) is 22.5 Å². The summed E-state index contributed by atoms with van der Waals surface area (Å²) in [6.07, 6.45) is 1.61. The molecule has 0 aliphatic rings. The molecule has 6 nitrogen and oxygen atoms in total. The van der Waals surface area contributed by atoms with E-state index in [2.05, 4.69) is 20.2 Å². The highest BCUT2D eigenvalue weighted by molar-refractivity contribution is 5.78. The first kappa shape index (κ1) is 13.0. The second kappa shape index (κ2) is 5.16. The Balaban J connectivity index is 2.22. The molecule has 0 aliphatic carbocycles. The highest BCUT2D eigenvalue weighted by Crippen LogP contribution is 2.29. The predicted molar refractivity (Wildman–Crippen MR) is 80.5 cm³/mol. The lowest BCUT2D eigenvalue weighted by molar-refractivity contribution is 0.992. The van der Waals surface area contributed by atoms with Crippen molar-refractivity contribution in [3.63, 3.8) is 0 Å². The highest BCUT2D eigenvalue weighted by Gasteiger charge is 2.12. The molecule has 3 rings (SSSR count).